The smallest absolute Gasteiger partial charge is 0.366 e. The van der Waals surface area contributed by atoms with Crippen LogP contribution in [-0.4, -0.2) is 45.1 Å². The van der Waals surface area contributed by atoms with Crippen LogP contribution in [-0.2, 0) is 6.18 Å². The molecule has 3 aromatic rings. The number of pyridine rings is 1. The van der Waals surface area contributed by atoms with Gasteiger partial charge < -0.3 is 14.7 Å². The summed E-state index contributed by atoms with van der Waals surface area (Å²) in [5.41, 5.74) is -0.401. The number of carbonyl (C=O) groups is 1. The van der Waals surface area contributed by atoms with Crippen LogP contribution in [0.2, 0.25) is 0 Å². The second-order valence-electron chi connectivity index (χ2n) is 7.50. The first-order valence-electron chi connectivity index (χ1n) is 9.90. The van der Waals surface area contributed by atoms with E-state index in [0.29, 0.717) is 37.6 Å². The van der Waals surface area contributed by atoms with Crippen molar-refractivity contribution in [3.05, 3.63) is 59.3 Å². The van der Waals surface area contributed by atoms with Crippen LogP contribution in [0.5, 0.6) is 0 Å². The van der Waals surface area contributed by atoms with Gasteiger partial charge in [0.25, 0.3) is 11.8 Å². The Morgan fingerprint density at radius 1 is 1.25 bits per heavy atom. The summed E-state index contributed by atoms with van der Waals surface area (Å²) in [6, 6.07) is 5.75. The van der Waals surface area contributed by atoms with Gasteiger partial charge in [-0.05, 0) is 50.1 Å². The Hall–Kier alpha value is -3.50. The molecular formula is C21H19F4N5O2. The van der Waals surface area contributed by atoms with Gasteiger partial charge in [0.15, 0.2) is 5.82 Å². The average Bonchev–Trinajstić information content (AvgIpc) is 3.19. The largest absolute Gasteiger partial charge is 0.417 e. The van der Waals surface area contributed by atoms with Crippen molar-refractivity contribution in [3.8, 4) is 11.5 Å². The molecule has 0 aliphatic carbocycles. The predicted octanol–water partition coefficient (Wildman–Crippen LogP) is 4.31. The lowest BCUT2D eigenvalue weighted by Gasteiger charge is -2.33. The molecule has 1 aliphatic rings. The van der Waals surface area contributed by atoms with Crippen LogP contribution in [0.4, 0.5) is 23.4 Å². The number of hydrogen-bond acceptors (Lipinski definition) is 6. The van der Waals surface area contributed by atoms with E-state index in [4.69, 9.17) is 4.52 Å². The molecule has 2 aromatic heterocycles. The van der Waals surface area contributed by atoms with Gasteiger partial charge >= 0.3 is 6.18 Å². The topological polar surface area (TPSA) is 84.2 Å². The number of amides is 1. The molecule has 1 N–H and O–H groups in total. The number of nitrogens with zero attached hydrogens (tertiary/aromatic N) is 4. The van der Waals surface area contributed by atoms with E-state index in [-0.39, 0.29) is 29.0 Å². The molecule has 0 unspecified atom stereocenters. The van der Waals surface area contributed by atoms with Crippen LogP contribution in [0.25, 0.3) is 11.5 Å². The van der Waals surface area contributed by atoms with Gasteiger partial charge in [-0.15, -0.1) is 0 Å². The van der Waals surface area contributed by atoms with E-state index < -0.39 is 17.6 Å². The number of anilines is 1. The number of nitrogens with one attached hydrogen (secondary N) is 1. The number of benzene rings is 1. The van der Waals surface area contributed by atoms with Gasteiger partial charge in [0, 0.05) is 25.3 Å². The van der Waals surface area contributed by atoms with Crippen LogP contribution in [0.15, 0.2) is 41.1 Å². The van der Waals surface area contributed by atoms with Crippen molar-refractivity contribution in [3.63, 3.8) is 0 Å². The number of alkyl halides is 3. The SMILES string of the molecule is Cc1noc(-c2cc(F)ccc2C(=O)N2CCC[C@@H](Nc3ccc(C(F)(F)F)cn3)C2)n1. The maximum absolute atomic E-state index is 13.8. The zero-order chi connectivity index (χ0) is 22.9. The molecule has 1 amide bonds. The quantitative estimate of drug-likeness (QED) is 0.598. The van der Waals surface area contributed by atoms with Crippen molar-refractivity contribution < 1.29 is 26.9 Å². The van der Waals surface area contributed by atoms with E-state index in [2.05, 4.69) is 20.4 Å². The number of aromatic nitrogens is 3. The van der Waals surface area contributed by atoms with Crippen molar-refractivity contribution in [1.82, 2.24) is 20.0 Å². The first-order valence-corrected chi connectivity index (χ1v) is 9.90. The highest BCUT2D eigenvalue weighted by Gasteiger charge is 2.31. The van der Waals surface area contributed by atoms with Crippen LogP contribution < -0.4 is 5.32 Å². The third-order valence-electron chi connectivity index (χ3n) is 5.12. The number of rotatable bonds is 4. The lowest BCUT2D eigenvalue weighted by molar-refractivity contribution is -0.137. The summed E-state index contributed by atoms with van der Waals surface area (Å²) in [5, 5.41) is 6.78. The van der Waals surface area contributed by atoms with Gasteiger partial charge in [-0.2, -0.15) is 18.2 Å². The van der Waals surface area contributed by atoms with E-state index in [0.717, 1.165) is 12.3 Å². The summed E-state index contributed by atoms with van der Waals surface area (Å²) in [6.07, 6.45) is -2.29. The normalized spacial score (nSPS) is 16.8. The van der Waals surface area contributed by atoms with Crippen molar-refractivity contribution >= 4 is 11.7 Å². The molecule has 3 heterocycles. The van der Waals surface area contributed by atoms with Crippen molar-refractivity contribution in [2.75, 3.05) is 18.4 Å². The Morgan fingerprint density at radius 2 is 2.06 bits per heavy atom. The van der Waals surface area contributed by atoms with Gasteiger partial charge in [-0.25, -0.2) is 9.37 Å². The Balaban J connectivity index is 1.50. The minimum absolute atomic E-state index is 0.0472. The van der Waals surface area contributed by atoms with Crippen molar-refractivity contribution in [1.29, 1.82) is 0 Å². The highest BCUT2D eigenvalue weighted by molar-refractivity contribution is 6.00. The van der Waals surface area contributed by atoms with Gasteiger partial charge in [-0.3, -0.25) is 4.79 Å². The molecule has 1 saturated heterocycles. The number of carbonyl (C=O) groups excluding carboxylic acids is 1. The summed E-state index contributed by atoms with van der Waals surface area (Å²) in [5.74, 6) is -0.178. The minimum atomic E-state index is -4.45. The van der Waals surface area contributed by atoms with E-state index in [1.54, 1.807) is 11.8 Å². The van der Waals surface area contributed by atoms with Gasteiger partial charge in [0.05, 0.1) is 16.7 Å². The average molecular weight is 449 g/mol. The fourth-order valence-electron chi connectivity index (χ4n) is 3.59. The number of piperidine rings is 1. The maximum Gasteiger partial charge on any atom is 0.417 e. The molecule has 1 aromatic carbocycles. The van der Waals surface area contributed by atoms with E-state index in [1.165, 1.54) is 24.3 Å². The minimum Gasteiger partial charge on any atom is -0.366 e. The molecule has 0 spiro atoms. The zero-order valence-electron chi connectivity index (χ0n) is 17.0. The molecule has 1 aliphatic heterocycles. The molecule has 32 heavy (non-hydrogen) atoms. The second kappa shape index (κ2) is 8.56. The van der Waals surface area contributed by atoms with Crippen molar-refractivity contribution in [2.45, 2.75) is 32.0 Å². The first-order chi connectivity index (χ1) is 15.2. The Labute approximate surface area is 180 Å². The van der Waals surface area contributed by atoms with Crippen molar-refractivity contribution in [2.24, 2.45) is 0 Å². The second-order valence-corrected chi connectivity index (χ2v) is 7.50. The van der Waals surface area contributed by atoms with Gasteiger partial charge in [0.2, 0.25) is 0 Å². The molecule has 168 valence electrons. The Morgan fingerprint density at radius 3 is 2.72 bits per heavy atom. The van der Waals surface area contributed by atoms with Crippen LogP contribution in [0, 0.1) is 12.7 Å². The summed E-state index contributed by atoms with van der Waals surface area (Å²) < 4.78 is 57.1. The van der Waals surface area contributed by atoms with E-state index >= 15 is 0 Å². The highest BCUT2D eigenvalue weighted by atomic mass is 19.4. The summed E-state index contributed by atoms with van der Waals surface area (Å²) in [6.45, 7) is 2.41. The van der Waals surface area contributed by atoms with Gasteiger partial charge in [0.1, 0.15) is 11.6 Å². The number of aryl methyl sites for hydroxylation is 1. The molecule has 7 nitrogen and oxygen atoms in total. The summed E-state index contributed by atoms with van der Waals surface area (Å²) in [4.78, 5) is 22.7. The Bertz CT molecular complexity index is 1110. The third kappa shape index (κ3) is 4.71. The summed E-state index contributed by atoms with van der Waals surface area (Å²) >= 11 is 0. The Kier molecular flexibility index (Phi) is 5.81. The highest BCUT2D eigenvalue weighted by Crippen LogP contribution is 2.29. The standard InChI is InChI=1S/C21H19F4N5O2/c1-12-27-19(32-29-12)17-9-14(22)5-6-16(17)20(31)30-8-2-3-15(11-30)28-18-7-4-13(10-26-18)21(23,24)25/h4-7,9-10,15H,2-3,8,11H2,1H3,(H,26,28)/t15-/m1/s1. The monoisotopic (exact) mass is 449 g/mol. The predicted molar refractivity (Wildman–Crippen MR) is 106 cm³/mol. The fraction of sp³-hybridized carbons (Fsp3) is 0.333. The number of hydrogen-bond donors (Lipinski definition) is 1. The van der Waals surface area contributed by atoms with E-state index in [1.807, 2.05) is 0 Å². The van der Waals surface area contributed by atoms with Crippen LogP contribution >= 0.6 is 0 Å². The number of likely N-dealkylation sites (tertiary alicyclic amines) is 1. The van der Waals surface area contributed by atoms with Crippen LogP contribution in [0.3, 0.4) is 0 Å². The molecule has 0 radical (unpaired) electrons. The molecule has 0 bridgehead atoms. The molecule has 1 atom stereocenters. The lowest BCUT2D eigenvalue weighted by atomic mass is 10.0. The molecule has 0 saturated carbocycles. The maximum atomic E-state index is 13.8. The molecule has 4 rings (SSSR count). The first kappa shape index (κ1) is 21.7. The zero-order valence-corrected chi connectivity index (χ0v) is 17.0. The van der Waals surface area contributed by atoms with Gasteiger partial charge in [-0.1, -0.05) is 5.16 Å². The molecule has 1 fully saturated rings. The van der Waals surface area contributed by atoms with Crippen LogP contribution in [0.1, 0.15) is 34.6 Å². The fourth-order valence-corrected chi connectivity index (χ4v) is 3.59. The van der Waals surface area contributed by atoms with E-state index in [9.17, 15) is 22.4 Å². The summed E-state index contributed by atoms with van der Waals surface area (Å²) in [7, 11) is 0. The molecule has 11 heteroatoms. The number of halogens is 4. The molecular weight excluding hydrogens is 430 g/mol. The lowest BCUT2D eigenvalue weighted by Crippen LogP contribution is -2.45. The third-order valence-corrected chi connectivity index (χ3v) is 5.12.